The molecule has 1 unspecified atom stereocenters. The number of carbonyl (C=O) groups is 1. The number of halogens is 1. The number of anilines is 1. The Bertz CT molecular complexity index is 723. The quantitative estimate of drug-likeness (QED) is 0.743. The fourth-order valence-corrected chi connectivity index (χ4v) is 3.20. The predicted molar refractivity (Wildman–Crippen MR) is 106 cm³/mol. The van der Waals surface area contributed by atoms with Crippen molar-refractivity contribution in [2.45, 2.75) is 20.8 Å². The van der Waals surface area contributed by atoms with Gasteiger partial charge in [0.05, 0.1) is 7.05 Å². The van der Waals surface area contributed by atoms with Gasteiger partial charge in [-0.05, 0) is 50.1 Å². The zero-order valence-electron chi connectivity index (χ0n) is 15.3. The van der Waals surface area contributed by atoms with Crippen LogP contribution < -0.4 is 15.0 Å². The highest BCUT2D eigenvalue weighted by atomic mass is 79.9. The molecule has 1 amide bonds. The van der Waals surface area contributed by atoms with Gasteiger partial charge in [0, 0.05) is 10.2 Å². The second-order valence-electron chi connectivity index (χ2n) is 6.51. The van der Waals surface area contributed by atoms with Crippen molar-refractivity contribution in [1.82, 2.24) is 0 Å². The van der Waals surface area contributed by atoms with E-state index in [1.165, 1.54) is 5.56 Å². The Morgan fingerprint density at radius 1 is 1.16 bits per heavy atom. The largest absolute Gasteiger partial charge is 0.488 e. The van der Waals surface area contributed by atoms with E-state index < -0.39 is 0 Å². The summed E-state index contributed by atoms with van der Waals surface area (Å²) in [6.07, 6.45) is 0. The first-order valence-corrected chi connectivity index (χ1v) is 9.22. The summed E-state index contributed by atoms with van der Waals surface area (Å²) >= 11 is 3.43. The summed E-state index contributed by atoms with van der Waals surface area (Å²) in [7, 11) is 2.00. The summed E-state index contributed by atoms with van der Waals surface area (Å²) in [4.78, 5) is 13.4. The summed E-state index contributed by atoms with van der Waals surface area (Å²) in [5.41, 5.74) is 4.33. The molecule has 0 saturated carbocycles. The van der Waals surface area contributed by atoms with Gasteiger partial charge in [0.2, 0.25) is 0 Å². The summed E-state index contributed by atoms with van der Waals surface area (Å²) < 4.78 is 6.72. The van der Waals surface area contributed by atoms with Gasteiger partial charge in [-0.3, -0.25) is 4.79 Å². The molecule has 0 bridgehead atoms. The van der Waals surface area contributed by atoms with Gasteiger partial charge < -0.3 is 15.0 Å². The van der Waals surface area contributed by atoms with Crippen molar-refractivity contribution in [3.63, 3.8) is 0 Å². The molecule has 5 heteroatoms. The van der Waals surface area contributed by atoms with E-state index in [0.717, 1.165) is 38.5 Å². The molecule has 0 aliphatic carbocycles. The van der Waals surface area contributed by atoms with Crippen molar-refractivity contribution in [2.24, 2.45) is 0 Å². The second-order valence-corrected chi connectivity index (χ2v) is 7.43. The zero-order valence-corrected chi connectivity index (χ0v) is 16.9. The van der Waals surface area contributed by atoms with E-state index >= 15 is 0 Å². The topological polar surface area (TPSA) is 42.8 Å². The molecule has 0 aliphatic heterocycles. The highest BCUT2D eigenvalue weighted by molar-refractivity contribution is 9.10. The molecule has 0 radical (unpaired) electrons. The normalized spacial score (nSPS) is 11.9. The highest BCUT2D eigenvalue weighted by Crippen LogP contribution is 2.21. The van der Waals surface area contributed by atoms with Gasteiger partial charge in [0.25, 0.3) is 5.91 Å². The van der Waals surface area contributed by atoms with Crippen LogP contribution in [-0.4, -0.2) is 32.7 Å². The molecule has 2 aromatic carbocycles. The van der Waals surface area contributed by atoms with E-state index in [1.807, 2.05) is 45.2 Å². The van der Waals surface area contributed by atoms with Gasteiger partial charge in [-0.2, -0.15) is 0 Å². The minimum Gasteiger partial charge on any atom is -0.488 e. The summed E-state index contributed by atoms with van der Waals surface area (Å²) in [6.45, 7) is 7.85. The molecular weight excluding hydrogens is 380 g/mol. The van der Waals surface area contributed by atoms with Crippen molar-refractivity contribution < 1.29 is 14.4 Å². The minimum atomic E-state index is 0.0232. The van der Waals surface area contributed by atoms with E-state index in [0.29, 0.717) is 13.2 Å². The van der Waals surface area contributed by atoms with E-state index in [9.17, 15) is 4.79 Å². The maximum absolute atomic E-state index is 12.3. The lowest BCUT2D eigenvalue weighted by Crippen LogP contribution is -3.10. The van der Waals surface area contributed by atoms with E-state index in [4.69, 9.17) is 4.74 Å². The molecule has 0 spiro atoms. The molecule has 2 N–H and O–H groups in total. The van der Waals surface area contributed by atoms with Gasteiger partial charge in [0.1, 0.15) is 18.9 Å². The molecule has 0 aromatic heterocycles. The van der Waals surface area contributed by atoms with Crippen LogP contribution in [0.5, 0.6) is 5.75 Å². The van der Waals surface area contributed by atoms with Gasteiger partial charge in [-0.15, -0.1) is 0 Å². The van der Waals surface area contributed by atoms with Crippen LogP contribution in [0.2, 0.25) is 0 Å². The Hall–Kier alpha value is -1.85. The molecule has 25 heavy (non-hydrogen) atoms. The predicted octanol–water partition coefficient (Wildman–Crippen LogP) is 2.91. The number of amides is 1. The van der Waals surface area contributed by atoms with Crippen LogP contribution >= 0.6 is 15.9 Å². The Labute approximate surface area is 158 Å². The average molecular weight is 406 g/mol. The monoisotopic (exact) mass is 405 g/mol. The minimum absolute atomic E-state index is 0.0232. The number of aryl methyl sites for hydroxylation is 3. The van der Waals surface area contributed by atoms with Gasteiger partial charge >= 0.3 is 0 Å². The molecule has 2 rings (SSSR count). The van der Waals surface area contributed by atoms with Crippen LogP contribution in [-0.2, 0) is 4.79 Å². The lowest BCUT2D eigenvalue weighted by molar-refractivity contribution is -0.871. The SMILES string of the molecule is Cc1cc(C)c(NC(=O)C[NH+](C)CCOc2cccc(Br)c2)c(C)c1. The fraction of sp³-hybridized carbons (Fsp3) is 0.350. The van der Waals surface area contributed by atoms with Gasteiger partial charge in [-0.1, -0.05) is 39.7 Å². The first kappa shape index (κ1) is 19.5. The van der Waals surface area contributed by atoms with Crippen molar-refractivity contribution in [3.05, 3.63) is 57.6 Å². The maximum Gasteiger partial charge on any atom is 0.279 e. The van der Waals surface area contributed by atoms with Crippen molar-refractivity contribution >= 4 is 27.5 Å². The van der Waals surface area contributed by atoms with Gasteiger partial charge in [0.15, 0.2) is 6.54 Å². The van der Waals surface area contributed by atoms with Crippen molar-refractivity contribution in [3.8, 4) is 5.75 Å². The number of quaternary nitrogens is 1. The maximum atomic E-state index is 12.3. The van der Waals surface area contributed by atoms with E-state index in [-0.39, 0.29) is 5.91 Å². The van der Waals surface area contributed by atoms with Crippen molar-refractivity contribution in [1.29, 1.82) is 0 Å². The van der Waals surface area contributed by atoms with Gasteiger partial charge in [-0.25, -0.2) is 0 Å². The summed E-state index contributed by atoms with van der Waals surface area (Å²) in [5, 5.41) is 3.05. The Kier molecular flexibility index (Phi) is 7.02. The molecule has 2 aromatic rings. The average Bonchev–Trinajstić information content (AvgIpc) is 2.51. The van der Waals surface area contributed by atoms with Crippen LogP contribution in [0, 0.1) is 20.8 Å². The molecule has 0 fully saturated rings. The number of hydrogen-bond donors (Lipinski definition) is 2. The third kappa shape index (κ3) is 6.18. The number of ether oxygens (including phenoxy) is 1. The van der Waals surface area contributed by atoms with Crippen LogP contribution in [0.25, 0.3) is 0 Å². The third-order valence-electron chi connectivity index (χ3n) is 4.00. The molecule has 0 aliphatic rings. The first-order chi connectivity index (χ1) is 11.8. The number of benzene rings is 2. The van der Waals surface area contributed by atoms with Crippen molar-refractivity contribution in [2.75, 3.05) is 32.1 Å². The first-order valence-electron chi connectivity index (χ1n) is 8.42. The third-order valence-corrected chi connectivity index (χ3v) is 4.49. The summed E-state index contributed by atoms with van der Waals surface area (Å²) in [6, 6.07) is 11.9. The van der Waals surface area contributed by atoms with Crippen LogP contribution in [0.1, 0.15) is 16.7 Å². The Morgan fingerprint density at radius 3 is 2.48 bits per heavy atom. The standard InChI is InChI=1S/C20H25BrN2O2/c1-14-10-15(2)20(16(3)11-14)22-19(24)13-23(4)8-9-25-18-7-5-6-17(21)12-18/h5-7,10-12H,8-9,13H2,1-4H3,(H,22,24)/p+1. The number of likely N-dealkylation sites (N-methyl/N-ethyl adjacent to an activating group) is 1. The molecule has 134 valence electrons. The van der Waals surface area contributed by atoms with Crippen LogP contribution in [0.3, 0.4) is 0 Å². The Morgan fingerprint density at radius 2 is 1.84 bits per heavy atom. The van der Waals surface area contributed by atoms with Crippen LogP contribution in [0.4, 0.5) is 5.69 Å². The molecule has 4 nitrogen and oxygen atoms in total. The molecule has 0 heterocycles. The lowest BCUT2D eigenvalue weighted by atomic mass is 10.1. The van der Waals surface area contributed by atoms with E-state index in [1.54, 1.807) is 0 Å². The summed E-state index contributed by atoms with van der Waals surface area (Å²) in [5.74, 6) is 0.854. The Balaban J connectivity index is 1.80. The number of nitrogens with one attached hydrogen (secondary N) is 2. The lowest BCUT2D eigenvalue weighted by Gasteiger charge is -2.16. The number of carbonyl (C=O) groups excluding carboxylic acids is 1. The van der Waals surface area contributed by atoms with Crippen LogP contribution in [0.15, 0.2) is 40.9 Å². The second kappa shape index (κ2) is 9.02. The smallest absolute Gasteiger partial charge is 0.279 e. The highest BCUT2D eigenvalue weighted by Gasteiger charge is 2.13. The molecular formula is C20H26BrN2O2+. The molecule has 0 saturated heterocycles. The number of hydrogen-bond acceptors (Lipinski definition) is 2. The molecule has 1 atom stereocenters. The number of rotatable bonds is 7. The zero-order chi connectivity index (χ0) is 18.4. The fourth-order valence-electron chi connectivity index (χ4n) is 2.82. The van der Waals surface area contributed by atoms with E-state index in [2.05, 4.69) is 40.3 Å².